The topological polar surface area (TPSA) is 91.6 Å². The highest BCUT2D eigenvalue weighted by molar-refractivity contribution is 5.93. The molecule has 0 atom stereocenters. The summed E-state index contributed by atoms with van der Waals surface area (Å²) in [6, 6.07) is 1.37. The molecule has 0 aromatic carbocycles. The second kappa shape index (κ2) is 6.31. The molecule has 7 nitrogen and oxygen atoms in total. The third kappa shape index (κ3) is 3.04. The van der Waals surface area contributed by atoms with Crippen LogP contribution in [0.5, 0.6) is 5.75 Å². The largest absolute Gasteiger partial charge is 0.482 e. The minimum absolute atomic E-state index is 0.0415. The van der Waals surface area contributed by atoms with E-state index in [0.29, 0.717) is 0 Å². The number of ether oxygens (including phenoxy) is 2. The molecule has 108 valence electrons. The van der Waals surface area contributed by atoms with Crippen molar-refractivity contribution in [3.8, 4) is 5.75 Å². The van der Waals surface area contributed by atoms with Crippen LogP contribution in [0.2, 0.25) is 0 Å². The second-order valence-electron chi connectivity index (χ2n) is 4.64. The Kier molecular flexibility index (Phi) is 4.49. The summed E-state index contributed by atoms with van der Waals surface area (Å²) < 4.78 is 10.3. The first kappa shape index (κ1) is 14.2. The summed E-state index contributed by atoms with van der Waals surface area (Å²) in [5.74, 6) is -1.20. The van der Waals surface area contributed by atoms with E-state index in [4.69, 9.17) is 4.74 Å². The van der Waals surface area contributed by atoms with Gasteiger partial charge in [0.1, 0.15) is 11.8 Å². The first-order valence-electron chi connectivity index (χ1n) is 6.52. The maximum absolute atomic E-state index is 11.7. The molecule has 2 rings (SSSR count). The molecule has 1 fully saturated rings. The van der Waals surface area contributed by atoms with Gasteiger partial charge in [-0.15, -0.1) is 0 Å². The van der Waals surface area contributed by atoms with Crippen molar-refractivity contribution in [1.82, 2.24) is 4.98 Å². The summed E-state index contributed by atoms with van der Waals surface area (Å²) >= 11 is 0. The van der Waals surface area contributed by atoms with Crippen molar-refractivity contribution < 1.29 is 19.2 Å². The molecule has 20 heavy (non-hydrogen) atoms. The number of carbonyl (C=O) groups excluding carboxylic acids is 1. The van der Waals surface area contributed by atoms with E-state index < -0.39 is 16.7 Å². The predicted octanol–water partition coefficient (Wildman–Crippen LogP) is 2.49. The smallest absolute Gasteiger partial charge is 0.407 e. The molecule has 1 aliphatic rings. The second-order valence-corrected chi connectivity index (χ2v) is 4.64. The lowest BCUT2D eigenvalue weighted by Crippen LogP contribution is -2.22. The molecular weight excluding hydrogens is 264 g/mol. The van der Waals surface area contributed by atoms with Gasteiger partial charge in [0.15, 0.2) is 0 Å². The summed E-state index contributed by atoms with van der Waals surface area (Å²) in [6.07, 6.45) is 5.92. The van der Waals surface area contributed by atoms with Crippen molar-refractivity contribution in [3.05, 3.63) is 27.9 Å². The van der Waals surface area contributed by atoms with Crippen molar-refractivity contribution in [3.63, 3.8) is 0 Å². The van der Waals surface area contributed by atoms with Crippen LogP contribution in [0.3, 0.4) is 0 Å². The van der Waals surface area contributed by atoms with Crippen LogP contribution in [0.4, 0.5) is 5.82 Å². The number of nitrogens with zero attached hydrogens (tertiary/aromatic N) is 2. The highest BCUT2D eigenvalue weighted by Crippen LogP contribution is 2.32. The number of carbonyl (C=O) groups is 1. The molecule has 1 aromatic rings. The van der Waals surface area contributed by atoms with E-state index in [-0.39, 0.29) is 17.4 Å². The molecule has 0 bridgehead atoms. The van der Waals surface area contributed by atoms with Gasteiger partial charge in [0.2, 0.25) is 5.75 Å². The Morgan fingerprint density at radius 2 is 2.10 bits per heavy atom. The van der Waals surface area contributed by atoms with E-state index in [1.54, 1.807) is 0 Å². The Morgan fingerprint density at radius 1 is 1.40 bits per heavy atom. The summed E-state index contributed by atoms with van der Waals surface area (Å²) in [7, 11) is 1.22. The molecule has 7 heteroatoms. The number of esters is 1. The third-order valence-electron chi connectivity index (χ3n) is 3.30. The van der Waals surface area contributed by atoms with Crippen LogP contribution in [0.1, 0.15) is 42.5 Å². The van der Waals surface area contributed by atoms with Gasteiger partial charge in [-0.2, -0.15) is 0 Å². The quantitative estimate of drug-likeness (QED) is 0.478. The predicted molar refractivity (Wildman–Crippen MR) is 69.7 cm³/mol. The summed E-state index contributed by atoms with van der Waals surface area (Å²) in [5.41, 5.74) is 0.0415. The molecule has 1 aliphatic carbocycles. The molecule has 0 saturated heterocycles. The Balaban J connectivity index is 2.35. The normalized spacial score (nSPS) is 15.7. The average Bonchev–Trinajstić information content (AvgIpc) is 2.47. The van der Waals surface area contributed by atoms with E-state index in [2.05, 4.69) is 9.72 Å². The van der Waals surface area contributed by atoms with Crippen LogP contribution in [-0.2, 0) is 4.74 Å². The fraction of sp³-hybridized carbons (Fsp3) is 0.538. The molecule has 1 aromatic heterocycles. The zero-order valence-electron chi connectivity index (χ0n) is 11.2. The number of pyridine rings is 1. The van der Waals surface area contributed by atoms with E-state index in [1.807, 2.05) is 0 Å². The lowest BCUT2D eigenvalue weighted by atomic mass is 9.98. The molecule has 0 N–H and O–H groups in total. The van der Waals surface area contributed by atoms with Gasteiger partial charge in [-0.3, -0.25) is 0 Å². The Morgan fingerprint density at radius 3 is 2.70 bits per heavy atom. The SMILES string of the molecule is COC(=O)c1ccnc([N+](=O)[O-])c1OC1CCCCC1. The molecule has 1 heterocycles. The van der Waals surface area contributed by atoms with Crippen LogP contribution in [-0.4, -0.2) is 29.1 Å². The molecular formula is C13H16N2O5. The molecule has 1 saturated carbocycles. The van der Waals surface area contributed by atoms with E-state index in [9.17, 15) is 14.9 Å². The van der Waals surface area contributed by atoms with Gasteiger partial charge in [0.25, 0.3) is 0 Å². The summed E-state index contributed by atoms with van der Waals surface area (Å²) in [4.78, 5) is 25.8. The van der Waals surface area contributed by atoms with Gasteiger partial charge in [-0.25, -0.2) is 4.79 Å². The van der Waals surface area contributed by atoms with Gasteiger partial charge in [0.05, 0.1) is 13.2 Å². The summed E-state index contributed by atoms with van der Waals surface area (Å²) in [5, 5.41) is 11.0. The number of nitro groups is 1. The van der Waals surface area contributed by atoms with Crippen molar-refractivity contribution >= 4 is 11.8 Å². The highest BCUT2D eigenvalue weighted by Gasteiger charge is 2.28. The molecule has 0 spiro atoms. The van der Waals surface area contributed by atoms with E-state index in [1.165, 1.54) is 19.4 Å². The molecule has 0 radical (unpaired) electrons. The van der Waals surface area contributed by atoms with Crippen LogP contribution in [0.25, 0.3) is 0 Å². The Bertz CT molecular complexity index is 511. The highest BCUT2D eigenvalue weighted by atomic mass is 16.6. The van der Waals surface area contributed by atoms with Gasteiger partial charge in [-0.1, -0.05) is 6.42 Å². The minimum Gasteiger partial charge on any atom is -0.482 e. The van der Waals surface area contributed by atoms with Gasteiger partial charge < -0.3 is 19.6 Å². The lowest BCUT2D eigenvalue weighted by molar-refractivity contribution is -0.390. The Hall–Kier alpha value is -2.18. The maximum atomic E-state index is 11.7. The molecule has 0 aliphatic heterocycles. The summed E-state index contributed by atoms with van der Waals surface area (Å²) in [6.45, 7) is 0. The van der Waals surface area contributed by atoms with Crippen molar-refractivity contribution in [2.75, 3.05) is 7.11 Å². The van der Waals surface area contributed by atoms with Crippen LogP contribution in [0, 0.1) is 10.1 Å². The minimum atomic E-state index is -0.665. The number of methoxy groups -OCH3 is 1. The first-order chi connectivity index (χ1) is 9.63. The number of hydrogen-bond donors (Lipinski definition) is 0. The van der Waals surface area contributed by atoms with Crippen LogP contribution in [0.15, 0.2) is 12.3 Å². The van der Waals surface area contributed by atoms with Gasteiger partial charge in [0, 0.05) is 6.07 Å². The standard InChI is InChI=1S/C13H16N2O5/c1-19-13(16)10-7-8-14-12(15(17)18)11(10)20-9-5-3-2-4-6-9/h7-9H,2-6H2,1H3. The van der Waals surface area contributed by atoms with Crippen LogP contribution >= 0.6 is 0 Å². The van der Waals surface area contributed by atoms with Crippen molar-refractivity contribution in [1.29, 1.82) is 0 Å². The lowest BCUT2D eigenvalue weighted by Gasteiger charge is -2.23. The fourth-order valence-electron chi connectivity index (χ4n) is 2.30. The number of rotatable bonds is 4. The fourth-order valence-corrected chi connectivity index (χ4v) is 2.30. The third-order valence-corrected chi connectivity index (χ3v) is 3.30. The van der Waals surface area contributed by atoms with Gasteiger partial charge >= 0.3 is 11.8 Å². The zero-order valence-corrected chi connectivity index (χ0v) is 11.2. The van der Waals surface area contributed by atoms with Gasteiger partial charge in [-0.05, 0) is 35.6 Å². The monoisotopic (exact) mass is 280 g/mol. The van der Waals surface area contributed by atoms with E-state index >= 15 is 0 Å². The van der Waals surface area contributed by atoms with Crippen LogP contribution < -0.4 is 4.74 Å². The molecule has 0 amide bonds. The number of hydrogen-bond acceptors (Lipinski definition) is 6. The average molecular weight is 280 g/mol. The molecule has 0 unspecified atom stereocenters. The number of aromatic nitrogens is 1. The maximum Gasteiger partial charge on any atom is 0.407 e. The zero-order chi connectivity index (χ0) is 14.5. The first-order valence-corrected chi connectivity index (χ1v) is 6.52. The van der Waals surface area contributed by atoms with Crippen molar-refractivity contribution in [2.24, 2.45) is 0 Å². The Labute approximate surface area is 116 Å². The van der Waals surface area contributed by atoms with E-state index in [0.717, 1.165) is 32.1 Å². The van der Waals surface area contributed by atoms with Crippen molar-refractivity contribution in [2.45, 2.75) is 38.2 Å².